The summed E-state index contributed by atoms with van der Waals surface area (Å²) in [5, 5.41) is 9.47. The Bertz CT molecular complexity index is 683. The van der Waals surface area contributed by atoms with Crippen molar-refractivity contribution in [1.29, 1.82) is 0 Å². The first-order chi connectivity index (χ1) is 10.6. The van der Waals surface area contributed by atoms with Gasteiger partial charge >= 0.3 is 5.97 Å². The van der Waals surface area contributed by atoms with Crippen molar-refractivity contribution in [2.24, 2.45) is 11.8 Å². The van der Waals surface area contributed by atoms with Crippen molar-refractivity contribution >= 4 is 17.6 Å². The van der Waals surface area contributed by atoms with E-state index >= 15 is 0 Å². The number of ether oxygens (including phenoxy) is 1. The number of para-hydroxylation sites is 1. The van der Waals surface area contributed by atoms with Crippen LogP contribution in [-0.2, 0) is 20.7 Å². The number of anilines is 1. The molecule has 1 fully saturated rings. The van der Waals surface area contributed by atoms with E-state index in [1.165, 1.54) is 0 Å². The molecule has 1 aromatic rings. The van der Waals surface area contributed by atoms with Gasteiger partial charge in [-0.25, -0.2) is 0 Å². The highest BCUT2D eigenvalue weighted by Gasteiger charge is 2.55. The van der Waals surface area contributed by atoms with E-state index in [9.17, 15) is 14.7 Å². The summed E-state index contributed by atoms with van der Waals surface area (Å²) >= 11 is 0. The molecule has 3 aliphatic heterocycles. The highest BCUT2D eigenvalue weighted by molar-refractivity contribution is 6.00. The highest BCUT2D eigenvalue weighted by Crippen LogP contribution is 2.43. The number of carboxylic acids is 1. The Kier molecular flexibility index (Phi) is 2.87. The van der Waals surface area contributed by atoms with E-state index in [2.05, 4.69) is 0 Å². The van der Waals surface area contributed by atoms with Gasteiger partial charge in [0.2, 0.25) is 5.91 Å². The van der Waals surface area contributed by atoms with Gasteiger partial charge in [0.25, 0.3) is 0 Å². The van der Waals surface area contributed by atoms with E-state index in [0.717, 1.165) is 17.7 Å². The summed E-state index contributed by atoms with van der Waals surface area (Å²) in [6, 6.07) is 7.86. The summed E-state index contributed by atoms with van der Waals surface area (Å²) in [6.07, 6.45) is 3.48. The van der Waals surface area contributed by atoms with Gasteiger partial charge in [-0.05, 0) is 25.0 Å². The monoisotopic (exact) mass is 299 g/mol. The molecule has 3 aliphatic rings. The predicted octanol–water partition coefficient (Wildman–Crippen LogP) is 1.62. The van der Waals surface area contributed by atoms with E-state index in [0.29, 0.717) is 0 Å². The van der Waals surface area contributed by atoms with Crippen LogP contribution in [0, 0.1) is 11.8 Å². The van der Waals surface area contributed by atoms with E-state index in [4.69, 9.17) is 4.74 Å². The molecule has 1 amide bonds. The van der Waals surface area contributed by atoms with Gasteiger partial charge < -0.3 is 14.7 Å². The Balaban J connectivity index is 1.70. The van der Waals surface area contributed by atoms with Crippen LogP contribution in [0.15, 0.2) is 36.4 Å². The van der Waals surface area contributed by atoms with Gasteiger partial charge in [0, 0.05) is 11.7 Å². The Morgan fingerprint density at radius 3 is 2.59 bits per heavy atom. The molecular formula is C17H17NO4. The lowest BCUT2D eigenvalue weighted by atomic mass is 9.82. The average molecular weight is 299 g/mol. The van der Waals surface area contributed by atoms with Crippen LogP contribution >= 0.6 is 0 Å². The fraction of sp³-hybridized carbons (Fsp3) is 0.412. The third-order valence-electron chi connectivity index (χ3n) is 4.91. The van der Waals surface area contributed by atoms with Crippen LogP contribution < -0.4 is 4.90 Å². The van der Waals surface area contributed by atoms with Crippen molar-refractivity contribution in [2.45, 2.75) is 31.6 Å². The van der Waals surface area contributed by atoms with E-state index in [1.54, 1.807) is 11.0 Å². The number of hydrogen-bond donors (Lipinski definition) is 1. The zero-order chi connectivity index (χ0) is 15.4. The van der Waals surface area contributed by atoms with Gasteiger partial charge in [-0.15, -0.1) is 0 Å². The maximum atomic E-state index is 13.1. The summed E-state index contributed by atoms with van der Waals surface area (Å²) in [5.41, 5.74) is 2.03. The van der Waals surface area contributed by atoms with Crippen molar-refractivity contribution in [3.8, 4) is 0 Å². The van der Waals surface area contributed by atoms with Crippen LogP contribution in [0.25, 0.3) is 0 Å². The maximum absolute atomic E-state index is 13.1. The Hall–Kier alpha value is -2.14. The first kappa shape index (κ1) is 13.5. The molecule has 1 saturated heterocycles. The number of carbonyl (C=O) groups excluding carboxylic acids is 1. The zero-order valence-electron chi connectivity index (χ0n) is 12.2. The van der Waals surface area contributed by atoms with Crippen LogP contribution in [0.3, 0.4) is 0 Å². The SMILES string of the molecule is C[C@H]1Cc2ccccc2N1C(=O)[C@H]1[C@@H](C(=O)O)[C@H]2C=C[C@@H]1O2. The van der Waals surface area contributed by atoms with Crippen LogP contribution in [0.4, 0.5) is 5.69 Å². The molecule has 5 atom stereocenters. The smallest absolute Gasteiger partial charge is 0.310 e. The summed E-state index contributed by atoms with van der Waals surface area (Å²) in [7, 11) is 0. The number of nitrogens with zero attached hydrogens (tertiary/aromatic N) is 1. The number of amides is 1. The number of benzene rings is 1. The minimum absolute atomic E-state index is 0.0439. The first-order valence-corrected chi connectivity index (χ1v) is 7.55. The molecule has 5 nitrogen and oxygen atoms in total. The van der Waals surface area contributed by atoms with Gasteiger partial charge in [0.15, 0.2) is 0 Å². The predicted molar refractivity (Wildman–Crippen MR) is 79.5 cm³/mol. The molecule has 5 heteroatoms. The van der Waals surface area contributed by atoms with Crippen LogP contribution in [0.5, 0.6) is 0 Å². The second-order valence-electron chi connectivity index (χ2n) is 6.23. The minimum atomic E-state index is -0.963. The first-order valence-electron chi connectivity index (χ1n) is 7.55. The second kappa shape index (κ2) is 4.68. The average Bonchev–Trinajstić information content (AvgIpc) is 3.17. The van der Waals surface area contributed by atoms with E-state index < -0.39 is 30.0 Å². The topological polar surface area (TPSA) is 66.8 Å². The normalized spacial score (nSPS) is 35.0. The molecule has 2 bridgehead atoms. The summed E-state index contributed by atoms with van der Waals surface area (Å²) in [4.78, 5) is 26.4. The fourth-order valence-corrected chi connectivity index (χ4v) is 3.96. The highest BCUT2D eigenvalue weighted by atomic mass is 16.5. The Morgan fingerprint density at radius 2 is 1.86 bits per heavy atom. The van der Waals surface area contributed by atoms with Gasteiger partial charge in [-0.3, -0.25) is 9.59 Å². The summed E-state index contributed by atoms with van der Waals surface area (Å²) in [5.74, 6) is -2.53. The second-order valence-corrected chi connectivity index (χ2v) is 6.23. The van der Waals surface area contributed by atoms with Gasteiger partial charge in [0.1, 0.15) is 5.92 Å². The zero-order valence-corrected chi connectivity index (χ0v) is 12.2. The molecule has 0 spiro atoms. The third kappa shape index (κ3) is 1.75. The van der Waals surface area contributed by atoms with Gasteiger partial charge in [-0.2, -0.15) is 0 Å². The van der Waals surface area contributed by atoms with Crippen molar-refractivity contribution in [3.63, 3.8) is 0 Å². The molecule has 22 heavy (non-hydrogen) atoms. The summed E-state index contributed by atoms with van der Waals surface area (Å²) in [6.45, 7) is 2.00. The Labute approximate surface area is 128 Å². The molecule has 0 saturated carbocycles. The summed E-state index contributed by atoms with van der Waals surface area (Å²) < 4.78 is 5.62. The number of hydrogen-bond acceptors (Lipinski definition) is 3. The molecular weight excluding hydrogens is 282 g/mol. The third-order valence-corrected chi connectivity index (χ3v) is 4.91. The molecule has 3 heterocycles. The number of fused-ring (bicyclic) bond motifs is 3. The van der Waals surface area contributed by atoms with Crippen molar-refractivity contribution in [1.82, 2.24) is 0 Å². The van der Waals surface area contributed by atoms with Crippen LogP contribution in [0.2, 0.25) is 0 Å². The molecule has 0 radical (unpaired) electrons. The number of rotatable bonds is 2. The maximum Gasteiger partial charge on any atom is 0.310 e. The van der Waals surface area contributed by atoms with E-state index in [1.807, 2.05) is 37.3 Å². The molecule has 1 aromatic carbocycles. The standard InChI is InChI=1S/C17H17NO4/c1-9-8-10-4-2-3-5-11(10)18(9)16(19)14-12-6-7-13(22-12)15(14)17(20)21/h2-7,9,12-15H,8H2,1H3,(H,20,21)/t9-,12-,13+,14+,15-/m0/s1. The van der Waals surface area contributed by atoms with Crippen LogP contribution in [0.1, 0.15) is 12.5 Å². The lowest BCUT2D eigenvalue weighted by Gasteiger charge is -2.29. The van der Waals surface area contributed by atoms with Crippen LogP contribution in [-0.4, -0.2) is 35.2 Å². The van der Waals surface area contributed by atoms with Crippen molar-refractivity contribution in [2.75, 3.05) is 4.90 Å². The Morgan fingerprint density at radius 1 is 1.18 bits per heavy atom. The molecule has 114 valence electrons. The molecule has 0 unspecified atom stereocenters. The molecule has 1 N–H and O–H groups in total. The lowest BCUT2D eigenvalue weighted by Crippen LogP contribution is -2.47. The molecule has 4 rings (SSSR count). The molecule has 0 aromatic heterocycles. The number of carbonyl (C=O) groups is 2. The van der Waals surface area contributed by atoms with Gasteiger partial charge in [-0.1, -0.05) is 30.4 Å². The number of aliphatic carboxylic acids is 1. The van der Waals surface area contributed by atoms with E-state index in [-0.39, 0.29) is 11.9 Å². The quantitative estimate of drug-likeness (QED) is 0.843. The van der Waals surface area contributed by atoms with Gasteiger partial charge in [0.05, 0.1) is 18.1 Å². The largest absolute Gasteiger partial charge is 0.481 e. The lowest BCUT2D eigenvalue weighted by molar-refractivity contribution is -0.146. The minimum Gasteiger partial charge on any atom is -0.481 e. The number of carboxylic acid groups (broad SMARTS) is 1. The van der Waals surface area contributed by atoms with Crippen molar-refractivity contribution in [3.05, 3.63) is 42.0 Å². The fourth-order valence-electron chi connectivity index (χ4n) is 3.96. The van der Waals surface area contributed by atoms with Crippen molar-refractivity contribution < 1.29 is 19.4 Å². The molecule has 0 aliphatic carbocycles.